The third kappa shape index (κ3) is 8.14. The fraction of sp³-hybridized carbons (Fsp3) is 0.696. The van der Waals surface area contributed by atoms with Crippen LogP contribution in [0.1, 0.15) is 47.8 Å². The Hall–Kier alpha value is -1.91. The van der Waals surface area contributed by atoms with E-state index in [1.54, 1.807) is 34.6 Å². The number of aliphatic hydroxyl groups excluding tert-OH is 1. The maximum atomic E-state index is 15.6. The predicted octanol–water partition coefficient (Wildman–Crippen LogP) is 2.95. The Morgan fingerprint density at radius 2 is 2.00 bits per heavy atom. The van der Waals surface area contributed by atoms with Gasteiger partial charge in [-0.3, -0.25) is 23.2 Å². The number of rotatable bonds is 12. The Morgan fingerprint density at radius 1 is 1.32 bits per heavy atom. The Balaban J connectivity index is 1.74. The van der Waals surface area contributed by atoms with Crippen LogP contribution in [0.5, 0.6) is 0 Å². The zero-order valence-corrected chi connectivity index (χ0v) is 25.9. The number of thioether (sulfide) groups is 1. The molecule has 1 fully saturated rings. The highest BCUT2D eigenvalue weighted by Crippen LogP contribution is 2.49. The summed E-state index contributed by atoms with van der Waals surface area (Å²) in [5, 5.41) is 10.2. The molecule has 1 aliphatic heterocycles. The molecular weight excluding hydrogens is 606 g/mol. The molecule has 41 heavy (non-hydrogen) atoms. The Labute approximate surface area is 245 Å². The minimum atomic E-state index is -4.31. The molecule has 0 bridgehead atoms. The van der Waals surface area contributed by atoms with Crippen LogP contribution in [0.2, 0.25) is 0 Å². The molecule has 14 nitrogen and oxygen atoms in total. The van der Waals surface area contributed by atoms with Crippen LogP contribution in [0.25, 0.3) is 11.2 Å². The number of alkyl halides is 2. The van der Waals surface area contributed by atoms with Crippen molar-refractivity contribution in [1.29, 1.82) is 0 Å². The lowest BCUT2D eigenvalue weighted by atomic mass is 10.00. The van der Waals surface area contributed by atoms with Crippen molar-refractivity contribution in [3.8, 4) is 0 Å². The molecule has 2 aromatic heterocycles. The van der Waals surface area contributed by atoms with E-state index >= 15 is 4.39 Å². The summed E-state index contributed by atoms with van der Waals surface area (Å²) >= 11 is 7.05. The molecule has 4 N–H and O–H groups in total. The molecule has 3 rings (SSSR count). The molecule has 1 saturated heterocycles. The van der Waals surface area contributed by atoms with Gasteiger partial charge in [0.15, 0.2) is 22.8 Å². The molecule has 1 aliphatic rings. The van der Waals surface area contributed by atoms with E-state index in [2.05, 4.69) is 20.0 Å². The number of fused-ring (bicyclic) bond motifs is 1. The molecule has 0 spiro atoms. The number of nitrogens with zero attached hydrogens (tertiary/aromatic N) is 4. The Morgan fingerprint density at radius 3 is 2.63 bits per heavy atom. The van der Waals surface area contributed by atoms with Crippen molar-refractivity contribution in [2.75, 3.05) is 24.7 Å². The maximum absolute atomic E-state index is 15.6. The lowest BCUT2D eigenvalue weighted by Crippen LogP contribution is -2.39. The number of nitrogens with two attached hydrogens (primary N) is 1. The second-order valence-corrected chi connectivity index (χ2v) is 14.0. The summed E-state index contributed by atoms with van der Waals surface area (Å²) in [5.41, 5.74) is 5.48. The van der Waals surface area contributed by atoms with Crippen LogP contribution >= 0.6 is 31.1 Å². The van der Waals surface area contributed by atoms with Crippen molar-refractivity contribution in [1.82, 2.24) is 24.6 Å². The number of carbonyl (C=O) groups excluding carboxylic acids is 2. The molecule has 0 radical (unpaired) electrons. The lowest BCUT2D eigenvalue weighted by Gasteiger charge is -2.25. The summed E-state index contributed by atoms with van der Waals surface area (Å²) in [6.45, 7) is 9.10. The van der Waals surface area contributed by atoms with E-state index in [9.17, 15) is 19.3 Å². The molecule has 0 amide bonds. The van der Waals surface area contributed by atoms with Crippen LogP contribution in [0.15, 0.2) is 12.7 Å². The first-order valence-electron chi connectivity index (χ1n) is 12.6. The van der Waals surface area contributed by atoms with Crippen molar-refractivity contribution in [2.24, 2.45) is 5.41 Å². The Kier molecular flexibility index (Phi) is 10.8. The lowest BCUT2D eigenvalue weighted by molar-refractivity contribution is -0.149. The molecule has 2 aromatic rings. The van der Waals surface area contributed by atoms with Gasteiger partial charge in [0, 0.05) is 11.2 Å². The second-order valence-electron chi connectivity index (χ2n) is 10.6. The van der Waals surface area contributed by atoms with Gasteiger partial charge in [-0.1, -0.05) is 44.1 Å². The largest absolute Gasteiger partial charge is 0.462 e. The van der Waals surface area contributed by atoms with E-state index < -0.39 is 61.4 Å². The smallest absolute Gasteiger partial charge is 0.406 e. The highest BCUT2D eigenvalue weighted by molar-refractivity contribution is 8.13. The van der Waals surface area contributed by atoms with E-state index in [0.29, 0.717) is 0 Å². The van der Waals surface area contributed by atoms with Gasteiger partial charge < -0.3 is 20.3 Å². The molecule has 3 heterocycles. The number of esters is 1. The molecule has 0 aliphatic carbocycles. The molecule has 6 atom stereocenters. The third-order valence-electron chi connectivity index (χ3n) is 5.68. The topological polar surface area (TPSA) is 190 Å². The van der Waals surface area contributed by atoms with Crippen LogP contribution in [0.3, 0.4) is 0 Å². The van der Waals surface area contributed by atoms with Gasteiger partial charge in [-0.25, -0.2) is 29.0 Å². The van der Waals surface area contributed by atoms with E-state index in [1.807, 2.05) is 0 Å². The van der Waals surface area contributed by atoms with Gasteiger partial charge in [0.2, 0.25) is 0 Å². The number of carbonyl (C=O) groups is 2. The highest BCUT2D eigenvalue weighted by Gasteiger charge is 2.58. The molecule has 230 valence electrons. The van der Waals surface area contributed by atoms with Crippen LogP contribution in [-0.4, -0.2) is 84.2 Å². The summed E-state index contributed by atoms with van der Waals surface area (Å²) in [4.78, 5) is 36.4. The highest BCUT2D eigenvalue weighted by atomic mass is 35.5. The number of hydrogen-bond donors (Lipinski definition) is 3. The van der Waals surface area contributed by atoms with Crippen molar-refractivity contribution in [3.05, 3.63) is 12.7 Å². The molecule has 18 heteroatoms. The fourth-order valence-electron chi connectivity index (χ4n) is 3.56. The van der Waals surface area contributed by atoms with E-state index in [4.69, 9.17) is 35.9 Å². The summed E-state index contributed by atoms with van der Waals surface area (Å²) < 4.78 is 52.1. The standard InChI is InChI=1S/C23H35ClFN6O8PS/c1-12(2)38-19(33)13(3)30-40(35,36-7-8-41-21(34)22(4,5)6)37-9-14-16(32)23(24,25)20(39-14)31-11-29-15-17(26)27-10-28-18(15)31/h10-14,16,20,32H,7-9H2,1-6H3,(H,30,35)(H2,26,27,28)/t13-,14-,16-,20-,23+,40+/m1/s1. The van der Waals surface area contributed by atoms with E-state index in [0.717, 1.165) is 22.7 Å². The van der Waals surface area contributed by atoms with E-state index in [-0.39, 0.29) is 34.5 Å². The number of nitrogen functional groups attached to an aromatic ring is 1. The molecular formula is C23H35ClFN6O8PS. The van der Waals surface area contributed by atoms with Crippen molar-refractivity contribution in [2.45, 2.75) is 77.3 Å². The number of aliphatic hydroxyl groups is 1. The average molecular weight is 641 g/mol. The molecule has 0 saturated carbocycles. The minimum Gasteiger partial charge on any atom is -0.462 e. The summed E-state index contributed by atoms with van der Waals surface area (Å²) in [5.74, 6) is -0.546. The predicted molar refractivity (Wildman–Crippen MR) is 150 cm³/mol. The van der Waals surface area contributed by atoms with Crippen molar-refractivity contribution >= 4 is 59.2 Å². The van der Waals surface area contributed by atoms with Crippen LogP contribution in [0, 0.1) is 5.41 Å². The SMILES string of the molecule is CC(C)OC(=O)[C@@H](C)N[P@](=O)(OCCSC(=O)C(C)(C)C)OC[C@H]1O[C@@H](n2cnc3c(N)ncnc32)[C@](F)(Cl)[C@@H]1O. The summed E-state index contributed by atoms with van der Waals surface area (Å²) in [6, 6.07) is -1.13. The molecule has 0 unspecified atom stereocenters. The number of hydrogen-bond acceptors (Lipinski definition) is 13. The monoisotopic (exact) mass is 640 g/mol. The number of imidazole rings is 1. The van der Waals surface area contributed by atoms with Crippen molar-refractivity contribution in [3.63, 3.8) is 0 Å². The van der Waals surface area contributed by atoms with Gasteiger partial charge in [0.05, 0.1) is 25.6 Å². The first kappa shape index (κ1) is 33.6. The van der Waals surface area contributed by atoms with Gasteiger partial charge >= 0.3 is 13.7 Å². The van der Waals surface area contributed by atoms with Gasteiger partial charge in [0.25, 0.3) is 5.13 Å². The van der Waals surface area contributed by atoms with Crippen LogP contribution in [-0.2, 0) is 32.7 Å². The normalized spacial score (nSPS) is 25.4. The van der Waals surface area contributed by atoms with Gasteiger partial charge in [-0.15, -0.1) is 0 Å². The number of anilines is 1. The Bertz CT molecular complexity index is 1290. The third-order valence-corrected chi connectivity index (χ3v) is 9.05. The fourth-order valence-corrected chi connectivity index (χ4v) is 6.25. The van der Waals surface area contributed by atoms with E-state index in [1.165, 1.54) is 13.3 Å². The van der Waals surface area contributed by atoms with Gasteiger partial charge in [-0.05, 0) is 20.8 Å². The maximum Gasteiger partial charge on any atom is 0.406 e. The average Bonchev–Trinajstić information content (AvgIpc) is 3.38. The molecule has 0 aromatic carbocycles. The van der Waals surface area contributed by atoms with Crippen LogP contribution < -0.4 is 10.8 Å². The second kappa shape index (κ2) is 13.2. The summed E-state index contributed by atoms with van der Waals surface area (Å²) in [7, 11) is -4.31. The quantitative estimate of drug-likeness (QED) is 0.133. The zero-order valence-electron chi connectivity index (χ0n) is 23.4. The minimum absolute atomic E-state index is 0.0443. The van der Waals surface area contributed by atoms with Crippen molar-refractivity contribution < 1.29 is 42.2 Å². The van der Waals surface area contributed by atoms with Crippen LogP contribution in [0.4, 0.5) is 10.2 Å². The first-order chi connectivity index (χ1) is 19.0. The number of aromatic nitrogens is 4. The summed E-state index contributed by atoms with van der Waals surface area (Å²) in [6.07, 6.45) is -3.13. The number of nitrogens with one attached hydrogen (secondary N) is 1. The van der Waals surface area contributed by atoms with Gasteiger partial charge in [0.1, 0.15) is 30.1 Å². The zero-order chi connectivity index (χ0) is 30.8. The first-order valence-corrected chi connectivity index (χ1v) is 15.6. The number of halogens is 2. The number of ether oxygens (including phenoxy) is 2. The van der Waals surface area contributed by atoms with Gasteiger partial charge in [-0.2, -0.15) is 0 Å².